The number of tetrazole rings is 1. The molecule has 12 nitrogen and oxygen atoms in total. The number of ether oxygens (including phenoxy) is 1. The Labute approximate surface area is 278 Å². The van der Waals surface area contributed by atoms with E-state index >= 15 is 0 Å². The van der Waals surface area contributed by atoms with E-state index in [0.717, 1.165) is 29.5 Å². The van der Waals surface area contributed by atoms with Crippen LogP contribution in [0, 0.1) is 11.8 Å². The summed E-state index contributed by atoms with van der Waals surface area (Å²) in [5.74, 6) is -0.465. The molecule has 4 aromatic rings. The van der Waals surface area contributed by atoms with Crippen molar-refractivity contribution >= 4 is 35.2 Å². The lowest BCUT2D eigenvalue weighted by atomic mass is 9.81. The fourth-order valence-corrected chi connectivity index (χ4v) is 5.99. The number of primary amides is 1. The predicted molar refractivity (Wildman–Crippen MR) is 178 cm³/mol. The lowest BCUT2D eigenvalue weighted by Gasteiger charge is -2.36. The maximum Gasteiger partial charge on any atom is 0.407 e. The number of nitrogens with zero attached hydrogens (tertiary/aromatic N) is 5. The van der Waals surface area contributed by atoms with Gasteiger partial charge in [0.1, 0.15) is 11.6 Å². The van der Waals surface area contributed by atoms with E-state index in [1.54, 1.807) is 41.6 Å². The van der Waals surface area contributed by atoms with Gasteiger partial charge in [-0.1, -0.05) is 35.9 Å². The summed E-state index contributed by atoms with van der Waals surface area (Å²) in [6.07, 6.45) is 5.80. The zero-order valence-corrected chi connectivity index (χ0v) is 27.4. The quantitative estimate of drug-likeness (QED) is 0.205. The van der Waals surface area contributed by atoms with Crippen molar-refractivity contribution in [3.8, 4) is 22.5 Å². The van der Waals surface area contributed by atoms with Crippen LogP contribution in [0.3, 0.4) is 0 Å². The van der Waals surface area contributed by atoms with E-state index in [1.165, 1.54) is 0 Å². The number of benzene rings is 2. The third-order valence-corrected chi connectivity index (χ3v) is 8.38. The molecule has 0 radical (unpaired) electrons. The van der Waals surface area contributed by atoms with Gasteiger partial charge in [-0.05, 0) is 99.0 Å². The third-order valence-electron chi connectivity index (χ3n) is 8.18. The lowest BCUT2D eigenvalue weighted by Crippen LogP contribution is -2.52. The van der Waals surface area contributed by atoms with Gasteiger partial charge in [-0.3, -0.25) is 19.5 Å². The van der Waals surface area contributed by atoms with E-state index in [2.05, 4.69) is 30.9 Å². The molecular weight excluding hydrogens is 620 g/mol. The molecule has 13 heteroatoms. The first kappa shape index (κ1) is 33.5. The van der Waals surface area contributed by atoms with Crippen LogP contribution in [0.1, 0.15) is 52.0 Å². The SMILES string of the molecule is CC(C)(C)OC(=O)NCC1CCC(C(=O)N(c2ccc(-c3nn[nH]n3)cc2)[C@@H](Cc2ccc(-c3cncc(Cl)c3)cc2)C(N)=O)CC1. The summed E-state index contributed by atoms with van der Waals surface area (Å²) in [5.41, 5.74) is 9.32. The van der Waals surface area contributed by atoms with E-state index in [4.69, 9.17) is 22.1 Å². The van der Waals surface area contributed by atoms with Crippen molar-refractivity contribution < 1.29 is 19.1 Å². The fraction of sp³-hybridized carbons (Fsp3) is 0.382. The minimum atomic E-state index is -0.941. The zero-order valence-electron chi connectivity index (χ0n) is 26.6. The Bertz CT molecular complexity index is 1670. The number of aromatic nitrogens is 5. The minimum absolute atomic E-state index is 0.165. The van der Waals surface area contributed by atoms with Crippen molar-refractivity contribution in [3.05, 3.63) is 77.6 Å². The van der Waals surface area contributed by atoms with Crippen LogP contribution in [0.5, 0.6) is 0 Å². The highest BCUT2D eigenvalue weighted by Gasteiger charge is 2.36. The van der Waals surface area contributed by atoms with Crippen LogP contribution in [-0.4, -0.2) is 61.7 Å². The number of rotatable bonds is 10. The van der Waals surface area contributed by atoms with Crippen molar-refractivity contribution in [3.63, 3.8) is 0 Å². The number of pyridine rings is 1. The molecule has 1 aliphatic rings. The average molecular weight is 659 g/mol. The number of anilines is 1. The number of amides is 3. The number of aromatic amines is 1. The molecule has 5 rings (SSSR count). The lowest BCUT2D eigenvalue weighted by molar-refractivity contribution is -0.127. The van der Waals surface area contributed by atoms with Gasteiger partial charge in [0, 0.05) is 48.1 Å². The standard InChI is InChI=1S/C34H39ClN8O4/c1-34(2,3)47-33(46)38-18-22-6-10-25(11-7-22)32(45)43(28-14-12-24(13-15-28)31-39-41-42-40-31)29(30(36)44)16-21-4-8-23(9-5-21)26-17-27(35)20-37-19-26/h4-5,8-9,12-15,17,19-20,22,25,29H,6-7,10-11,16,18H2,1-3H3,(H2,36,44)(H,38,46)(H,39,40,41,42)/t22?,25?,29-/m0/s1. The largest absolute Gasteiger partial charge is 0.444 e. The predicted octanol–water partition coefficient (Wildman–Crippen LogP) is 5.34. The van der Waals surface area contributed by atoms with Crippen LogP contribution in [0.15, 0.2) is 67.0 Å². The highest BCUT2D eigenvalue weighted by Crippen LogP contribution is 2.33. The second kappa shape index (κ2) is 14.7. The van der Waals surface area contributed by atoms with E-state index in [-0.39, 0.29) is 24.2 Å². The second-order valence-corrected chi connectivity index (χ2v) is 13.2. The molecule has 3 amide bonds. The number of nitrogens with one attached hydrogen (secondary N) is 2. The van der Waals surface area contributed by atoms with Gasteiger partial charge in [-0.15, -0.1) is 10.2 Å². The summed E-state index contributed by atoms with van der Waals surface area (Å²) in [5, 5.41) is 17.5. The number of alkyl carbamates (subject to hydrolysis) is 1. The first-order valence-corrected chi connectivity index (χ1v) is 16.0. The molecule has 0 spiro atoms. The van der Waals surface area contributed by atoms with Gasteiger partial charge >= 0.3 is 6.09 Å². The number of carbonyl (C=O) groups excluding carboxylic acids is 3. The Morgan fingerprint density at radius 1 is 1.00 bits per heavy atom. The number of hydrogen-bond donors (Lipinski definition) is 3. The van der Waals surface area contributed by atoms with Crippen molar-refractivity contribution in [2.45, 2.75) is 64.5 Å². The molecule has 1 saturated carbocycles. The highest BCUT2D eigenvalue weighted by atomic mass is 35.5. The smallest absolute Gasteiger partial charge is 0.407 e. The molecule has 246 valence electrons. The van der Waals surface area contributed by atoms with Gasteiger partial charge in [0.2, 0.25) is 17.6 Å². The number of halogens is 1. The van der Waals surface area contributed by atoms with Crippen molar-refractivity contribution in [2.75, 3.05) is 11.4 Å². The van der Waals surface area contributed by atoms with Crippen LogP contribution in [0.4, 0.5) is 10.5 Å². The van der Waals surface area contributed by atoms with Gasteiger partial charge in [0.25, 0.3) is 0 Å². The van der Waals surface area contributed by atoms with Crippen LogP contribution in [-0.2, 0) is 20.7 Å². The van der Waals surface area contributed by atoms with E-state index in [0.29, 0.717) is 41.5 Å². The summed E-state index contributed by atoms with van der Waals surface area (Å²) in [4.78, 5) is 45.3. The highest BCUT2D eigenvalue weighted by molar-refractivity contribution is 6.30. The van der Waals surface area contributed by atoms with Gasteiger partial charge in [-0.2, -0.15) is 5.21 Å². The molecule has 1 atom stereocenters. The molecule has 0 saturated heterocycles. The monoisotopic (exact) mass is 658 g/mol. The van der Waals surface area contributed by atoms with Gasteiger partial charge in [0.15, 0.2) is 0 Å². The maximum atomic E-state index is 14.3. The molecular formula is C34H39ClN8O4. The number of carbonyl (C=O) groups is 3. The summed E-state index contributed by atoms with van der Waals surface area (Å²) in [6.45, 7) is 5.94. The zero-order chi connectivity index (χ0) is 33.6. The minimum Gasteiger partial charge on any atom is -0.444 e. The van der Waals surface area contributed by atoms with Crippen LogP contribution in [0.2, 0.25) is 5.02 Å². The molecule has 1 fully saturated rings. The Kier molecular flexibility index (Phi) is 10.5. The third kappa shape index (κ3) is 8.91. The van der Waals surface area contributed by atoms with E-state index in [1.807, 2.05) is 51.1 Å². The van der Waals surface area contributed by atoms with Crippen LogP contribution in [0.25, 0.3) is 22.5 Å². The molecule has 1 aliphatic carbocycles. The Balaban J connectivity index is 1.35. The first-order chi connectivity index (χ1) is 22.5. The Morgan fingerprint density at radius 3 is 2.28 bits per heavy atom. The van der Waals surface area contributed by atoms with Crippen LogP contribution < -0.4 is 16.0 Å². The van der Waals surface area contributed by atoms with Gasteiger partial charge in [-0.25, -0.2) is 4.79 Å². The molecule has 0 bridgehead atoms. The van der Waals surface area contributed by atoms with Gasteiger partial charge in [0.05, 0.1) is 5.02 Å². The molecule has 0 unspecified atom stereocenters. The molecule has 47 heavy (non-hydrogen) atoms. The normalized spacial score (nSPS) is 17.0. The van der Waals surface area contributed by atoms with Crippen LogP contribution >= 0.6 is 11.6 Å². The Hall–Kier alpha value is -4.84. The fourth-order valence-electron chi connectivity index (χ4n) is 5.81. The van der Waals surface area contributed by atoms with E-state index in [9.17, 15) is 14.4 Å². The van der Waals surface area contributed by atoms with Gasteiger partial charge < -0.3 is 15.8 Å². The summed E-state index contributed by atoms with van der Waals surface area (Å²) >= 11 is 6.13. The number of nitrogens with two attached hydrogens (primary N) is 1. The van der Waals surface area contributed by atoms with Crippen molar-refractivity contribution in [2.24, 2.45) is 17.6 Å². The van der Waals surface area contributed by atoms with Crippen molar-refractivity contribution in [1.82, 2.24) is 30.9 Å². The summed E-state index contributed by atoms with van der Waals surface area (Å²) in [7, 11) is 0. The number of H-pyrrole nitrogens is 1. The maximum absolute atomic E-state index is 14.3. The second-order valence-electron chi connectivity index (χ2n) is 12.8. The molecule has 4 N–H and O–H groups in total. The average Bonchev–Trinajstić information content (AvgIpc) is 3.59. The first-order valence-electron chi connectivity index (χ1n) is 15.6. The Morgan fingerprint density at radius 2 is 1.68 bits per heavy atom. The summed E-state index contributed by atoms with van der Waals surface area (Å²) in [6, 6.07) is 15.7. The molecule has 2 aromatic heterocycles. The van der Waals surface area contributed by atoms with Crippen molar-refractivity contribution in [1.29, 1.82) is 0 Å². The molecule has 2 aromatic carbocycles. The summed E-state index contributed by atoms with van der Waals surface area (Å²) < 4.78 is 5.36. The number of hydrogen-bond acceptors (Lipinski definition) is 8. The van der Waals surface area contributed by atoms with E-state index < -0.39 is 23.6 Å². The topological polar surface area (TPSA) is 169 Å². The molecule has 0 aliphatic heterocycles. The molecule has 2 heterocycles.